The highest BCUT2D eigenvalue weighted by Crippen LogP contribution is 2.29. The summed E-state index contributed by atoms with van der Waals surface area (Å²) < 4.78 is 0. The SMILES string of the molecule is CCCC1CCC(Nc2cc(C)nc(NC)n2)CC1. The first-order valence-electron chi connectivity index (χ1n) is 7.51. The van der Waals surface area contributed by atoms with E-state index in [4.69, 9.17) is 0 Å². The highest BCUT2D eigenvalue weighted by molar-refractivity contribution is 5.42. The van der Waals surface area contributed by atoms with Gasteiger partial charge in [-0.25, -0.2) is 4.98 Å². The number of aryl methyl sites for hydroxylation is 1. The summed E-state index contributed by atoms with van der Waals surface area (Å²) in [5, 5.41) is 6.57. The fourth-order valence-corrected chi connectivity index (χ4v) is 2.97. The van der Waals surface area contributed by atoms with Gasteiger partial charge in [0, 0.05) is 24.8 Å². The molecule has 106 valence electrons. The summed E-state index contributed by atoms with van der Waals surface area (Å²) in [7, 11) is 1.86. The van der Waals surface area contributed by atoms with Crippen molar-refractivity contribution in [1.82, 2.24) is 9.97 Å². The van der Waals surface area contributed by atoms with E-state index in [1.165, 1.54) is 38.5 Å². The van der Waals surface area contributed by atoms with Crippen LogP contribution in [0.3, 0.4) is 0 Å². The van der Waals surface area contributed by atoms with Gasteiger partial charge in [0.1, 0.15) is 5.82 Å². The van der Waals surface area contributed by atoms with Gasteiger partial charge in [-0.05, 0) is 38.5 Å². The van der Waals surface area contributed by atoms with Crippen LogP contribution >= 0.6 is 0 Å². The van der Waals surface area contributed by atoms with Crippen LogP contribution in [-0.4, -0.2) is 23.1 Å². The Hall–Kier alpha value is -1.32. The second-order valence-electron chi connectivity index (χ2n) is 5.62. The number of rotatable bonds is 5. The van der Waals surface area contributed by atoms with E-state index in [1.54, 1.807) is 0 Å². The molecule has 0 amide bonds. The number of anilines is 2. The van der Waals surface area contributed by atoms with E-state index in [1.807, 2.05) is 20.0 Å². The Morgan fingerprint density at radius 2 is 1.95 bits per heavy atom. The van der Waals surface area contributed by atoms with Crippen LogP contribution in [0.4, 0.5) is 11.8 Å². The Bertz CT molecular complexity index is 397. The number of hydrogen-bond acceptors (Lipinski definition) is 4. The van der Waals surface area contributed by atoms with Gasteiger partial charge < -0.3 is 10.6 Å². The van der Waals surface area contributed by atoms with Crippen LogP contribution in [0.1, 0.15) is 51.1 Å². The van der Waals surface area contributed by atoms with Crippen molar-refractivity contribution in [3.63, 3.8) is 0 Å². The molecule has 19 heavy (non-hydrogen) atoms. The second-order valence-corrected chi connectivity index (χ2v) is 5.62. The first-order chi connectivity index (χ1) is 9.21. The monoisotopic (exact) mass is 262 g/mol. The molecule has 0 radical (unpaired) electrons. The number of nitrogens with zero attached hydrogens (tertiary/aromatic N) is 2. The topological polar surface area (TPSA) is 49.8 Å². The maximum absolute atomic E-state index is 4.47. The van der Waals surface area contributed by atoms with E-state index in [2.05, 4.69) is 27.5 Å². The molecule has 0 aromatic carbocycles. The molecule has 0 unspecified atom stereocenters. The predicted molar refractivity (Wildman–Crippen MR) is 80.6 cm³/mol. The minimum Gasteiger partial charge on any atom is -0.367 e. The van der Waals surface area contributed by atoms with Crippen molar-refractivity contribution in [3.8, 4) is 0 Å². The standard InChI is InChI=1S/C15H26N4/c1-4-5-12-6-8-13(9-7-12)18-14-10-11(2)17-15(16-3)19-14/h10,12-13H,4-9H2,1-3H3,(H2,16,17,18,19). The highest BCUT2D eigenvalue weighted by atomic mass is 15.1. The lowest BCUT2D eigenvalue weighted by Gasteiger charge is -2.29. The van der Waals surface area contributed by atoms with E-state index in [0.717, 1.165) is 17.4 Å². The van der Waals surface area contributed by atoms with E-state index >= 15 is 0 Å². The van der Waals surface area contributed by atoms with Gasteiger partial charge in [-0.1, -0.05) is 19.8 Å². The van der Waals surface area contributed by atoms with Crippen LogP contribution in [0.15, 0.2) is 6.07 Å². The molecule has 0 atom stereocenters. The average Bonchev–Trinajstić information content (AvgIpc) is 2.40. The molecule has 1 aromatic rings. The van der Waals surface area contributed by atoms with E-state index in [9.17, 15) is 0 Å². The van der Waals surface area contributed by atoms with E-state index < -0.39 is 0 Å². The van der Waals surface area contributed by atoms with Crippen LogP contribution in [0, 0.1) is 12.8 Å². The first kappa shape index (κ1) is 14.1. The Labute approximate surface area is 116 Å². The third-order valence-corrected chi connectivity index (χ3v) is 3.97. The Balaban J connectivity index is 1.90. The van der Waals surface area contributed by atoms with Crippen LogP contribution < -0.4 is 10.6 Å². The van der Waals surface area contributed by atoms with E-state index in [0.29, 0.717) is 12.0 Å². The van der Waals surface area contributed by atoms with Gasteiger partial charge >= 0.3 is 0 Å². The minimum atomic E-state index is 0.576. The molecule has 1 aliphatic carbocycles. The molecule has 1 saturated carbocycles. The van der Waals surface area contributed by atoms with Crippen LogP contribution in [0.25, 0.3) is 0 Å². The molecule has 0 saturated heterocycles. The molecule has 0 spiro atoms. The molecule has 0 aliphatic heterocycles. The number of nitrogens with one attached hydrogen (secondary N) is 2. The third-order valence-electron chi connectivity index (χ3n) is 3.97. The summed E-state index contributed by atoms with van der Waals surface area (Å²) in [5.41, 5.74) is 1.00. The Morgan fingerprint density at radius 1 is 1.21 bits per heavy atom. The largest absolute Gasteiger partial charge is 0.367 e. The predicted octanol–water partition coefficient (Wildman–Crippen LogP) is 3.60. The van der Waals surface area contributed by atoms with Crippen molar-refractivity contribution in [1.29, 1.82) is 0 Å². The summed E-state index contributed by atoms with van der Waals surface area (Å²) in [6, 6.07) is 2.60. The smallest absolute Gasteiger partial charge is 0.224 e. The molecule has 4 nitrogen and oxygen atoms in total. The lowest BCUT2D eigenvalue weighted by Crippen LogP contribution is -2.26. The second kappa shape index (κ2) is 6.73. The highest BCUT2D eigenvalue weighted by Gasteiger charge is 2.20. The van der Waals surface area contributed by atoms with Crippen LogP contribution in [0.5, 0.6) is 0 Å². The van der Waals surface area contributed by atoms with Crippen molar-refractivity contribution >= 4 is 11.8 Å². The van der Waals surface area contributed by atoms with Crippen molar-refractivity contribution in [2.45, 2.75) is 58.4 Å². The summed E-state index contributed by atoms with van der Waals surface area (Å²) >= 11 is 0. The van der Waals surface area contributed by atoms with Gasteiger partial charge in [0.05, 0.1) is 0 Å². The summed E-state index contributed by atoms with van der Waals surface area (Å²) in [4.78, 5) is 8.79. The van der Waals surface area contributed by atoms with Gasteiger partial charge in [0.15, 0.2) is 0 Å². The molecule has 1 fully saturated rings. The van der Waals surface area contributed by atoms with E-state index in [-0.39, 0.29) is 0 Å². The molecule has 1 heterocycles. The van der Waals surface area contributed by atoms with Gasteiger partial charge in [-0.2, -0.15) is 4.98 Å². The van der Waals surface area contributed by atoms with Crippen molar-refractivity contribution in [3.05, 3.63) is 11.8 Å². The normalized spacial score (nSPS) is 23.1. The average molecular weight is 262 g/mol. The Kier molecular flexibility index (Phi) is 5.00. The maximum Gasteiger partial charge on any atom is 0.224 e. The zero-order chi connectivity index (χ0) is 13.7. The van der Waals surface area contributed by atoms with Crippen molar-refractivity contribution in [2.24, 2.45) is 5.92 Å². The van der Waals surface area contributed by atoms with Crippen molar-refractivity contribution in [2.75, 3.05) is 17.7 Å². The van der Waals surface area contributed by atoms with Crippen LogP contribution in [0.2, 0.25) is 0 Å². The molecule has 1 aliphatic rings. The third kappa shape index (κ3) is 4.08. The summed E-state index contributed by atoms with van der Waals surface area (Å²) in [6.07, 6.45) is 7.96. The first-order valence-corrected chi connectivity index (χ1v) is 7.51. The molecule has 4 heteroatoms. The van der Waals surface area contributed by atoms with Gasteiger partial charge in [0.25, 0.3) is 0 Å². The summed E-state index contributed by atoms with van der Waals surface area (Å²) in [5.74, 6) is 2.60. The number of hydrogen-bond donors (Lipinski definition) is 2. The lowest BCUT2D eigenvalue weighted by atomic mass is 9.83. The number of aromatic nitrogens is 2. The molecule has 2 N–H and O–H groups in total. The molecular formula is C15H26N4. The molecule has 1 aromatic heterocycles. The fraction of sp³-hybridized carbons (Fsp3) is 0.733. The van der Waals surface area contributed by atoms with Crippen molar-refractivity contribution < 1.29 is 0 Å². The van der Waals surface area contributed by atoms with Gasteiger partial charge in [-0.3, -0.25) is 0 Å². The molecule has 0 bridgehead atoms. The quantitative estimate of drug-likeness (QED) is 0.851. The maximum atomic E-state index is 4.47. The van der Waals surface area contributed by atoms with Gasteiger partial charge in [0.2, 0.25) is 5.95 Å². The minimum absolute atomic E-state index is 0.576. The summed E-state index contributed by atoms with van der Waals surface area (Å²) in [6.45, 7) is 4.29. The zero-order valence-electron chi connectivity index (χ0n) is 12.4. The molecule has 2 rings (SSSR count). The Morgan fingerprint density at radius 3 is 2.58 bits per heavy atom. The van der Waals surface area contributed by atoms with Crippen LogP contribution in [-0.2, 0) is 0 Å². The lowest BCUT2D eigenvalue weighted by molar-refractivity contribution is 0.318. The zero-order valence-corrected chi connectivity index (χ0v) is 12.4. The fourth-order valence-electron chi connectivity index (χ4n) is 2.97. The molecular weight excluding hydrogens is 236 g/mol. The van der Waals surface area contributed by atoms with Gasteiger partial charge in [-0.15, -0.1) is 0 Å².